The molecular formula is C16H26ClN3O4S. The van der Waals surface area contributed by atoms with Crippen LogP contribution in [0.1, 0.15) is 22.3 Å². The van der Waals surface area contributed by atoms with Crippen LogP contribution >= 0.6 is 12.4 Å². The minimum atomic E-state index is -3.20. The van der Waals surface area contributed by atoms with Crippen LogP contribution in [0.15, 0.2) is 18.2 Å². The van der Waals surface area contributed by atoms with Crippen molar-refractivity contribution in [1.29, 1.82) is 0 Å². The number of benzene rings is 1. The van der Waals surface area contributed by atoms with Gasteiger partial charge in [-0.05, 0) is 37.1 Å². The lowest BCUT2D eigenvalue weighted by Crippen LogP contribution is -2.33. The highest BCUT2D eigenvalue weighted by molar-refractivity contribution is 7.93. The fourth-order valence-electron chi connectivity index (χ4n) is 2.65. The molecular weight excluding hydrogens is 366 g/mol. The Kier molecular flexibility index (Phi) is 8.64. The van der Waals surface area contributed by atoms with Crippen molar-refractivity contribution in [3.8, 4) is 0 Å². The molecule has 0 aliphatic carbocycles. The Morgan fingerprint density at radius 2 is 2.04 bits per heavy atom. The third-order valence-corrected chi connectivity index (χ3v) is 5.78. The average Bonchev–Trinajstić information content (AvgIpc) is 2.89. The number of methoxy groups -OCH3 is 1. The van der Waals surface area contributed by atoms with E-state index in [9.17, 15) is 13.2 Å². The van der Waals surface area contributed by atoms with E-state index in [1.165, 1.54) is 4.31 Å². The molecule has 2 N–H and O–H groups in total. The van der Waals surface area contributed by atoms with E-state index < -0.39 is 10.0 Å². The van der Waals surface area contributed by atoms with Gasteiger partial charge in [-0.2, -0.15) is 0 Å². The number of ether oxygens (including phenoxy) is 1. The normalized spacial score (nSPS) is 15.7. The van der Waals surface area contributed by atoms with E-state index in [1.54, 1.807) is 25.3 Å². The summed E-state index contributed by atoms with van der Waals surface area (Å²) < 4.78 is 30.3. The summed E-state index contributed by atoms with van der Waals surface area (Å²) in [5.74, 6) is 0.0292. The van der Waals surface area contributed by atoms with Gasteiger partial charge in [0, 0.05) is 38.9 Å². The molecule has 9 heteroatoms. The minimum absolute atomic E-state index is 0. The van der Waals surface area contributed by atoms with Crippen LogP contribution in [0.3, 0.4) is 0 Å². The maximum Gasteiger partial charge on any atom is 0.251 e. The van der Waals surface area contributed by atoms with E-state index in [4.69, 9.17) is 4.74 Å². The third-order valence-electron chi connectivity index (χ3n) is 3.91. The molecule has 0 unspecified atom stereocenters. The number of sulfonamides is 1. The number of hydrogen-bond donors (Lipinski definition) is 2. The molecule has 7 nitrogen and oxygen atoms in total. The van der Waals surface area contributed by atoms with Crippen LogP contribution in [0.5, 0.6) is 0 Å². The van der Waals surface area contributed by atoms with Gasteiger partial charge in [-0.15, -0.1) is 12.4 Å². The molecule has 0 atom stereocenters. The van der Waals surface area contributed by atoms with Crippen LogP contribution in [0.2, 0.25) is 0 Å². The second kappa shape index (κ2) is 9.96. The summed E-state index contributed by atoms with van der Waals surface area (Å²) in [6, 6.07) is 5.14. The van der Waals surface area contributed by atoms with Crippen LogP contribution in [0.4, 0.5) is 5.69 Å². The number of carbonyl (C=O) groups excluding carboxylic acids is 1. The number of hydrogen-bond acceptors (Lipinski definition) is 5. The summed E-state index contributed by atoms with van der Waals surface area (Å²) in [6.07, 6.45) is 0.639. The molecule has 25 heavy (non-hydrogen) atoms. The monoisotopic (exact) mass is 391 g/mol. The minimum Gasteiger partial charge on any atom is -0.383 e. The molecule has 2 rings (SSSR count). The molecule has 0 bridgehead atoms. The number of carbonyl (C=O) groups is 1. The Hall–Kier alpha value is -1.35. The standard InChI is InChI=1S/C16H25N3O4S.ClH/c1-13-12-14(19-9-3-11-24(19,21)22)4-5-15(13)16(20)18-7-6-17-8-10-23-2;/h4-5,12,17H,3,6-11H2,1-2H3,(H,18,20);1H. The first-order chi connectivity index (χ1) is 11.5. The van der Waals surface area contributed by atoms with E-state index in [0.29, 0.717) is 43.9 Å². The van der Waals surface area contributed by atoms with Gasteiger partial charge in [-0.25, -0.2) is 8.42 Å². The quantitative estimate of drug-likeness (QED) is 0.643. The molecule has 1 aromatic carbocycles. The maximum atomic E-state index is 12.2. The van der Waals surface area contributed by atoms with Gasteiger partial charge in [0.25, 0.3) is 5.91 Å². The van der Waals surface area contributed by atoms with Crippen molar-refractivity contribution in [3.05, 3.63) is 29.3 Å². The highest BCUT2D eigenvalue weighted by Gasteiger charge is 2.28. The molecule has 1 heterocycles. The lowest BCUT2D eigenvalue weighted by molar-refractivity contribution is 0.0953. The molecule has 0 saturated carbocycles. The molecule has 1 aliphatic heterocycles. The van der Waals surface area contributed by atoms with E-state index in [1.807, 2.05) is 6.92 Å². The predicted molar refractivity (Wildman–Crippen MR) is 101 cm³/mol. The Bertz CT molecular complexity index is 682. The summed E-state index contributed by atoms with van der Waals surface area (Å²) in [6.45, 7) is 4.87. The third kappa shape index (κ3) is 5.85. The largest absolute Gasteiger partial charge is 0.383 e. The van der Waals surface area contributed by atoms with Crippen LogP contribution in [-0.4, -0.2) is 60.0 Å². The molecule has 1 fully saturated rings. The summed E-state index contributed by atoms with van der Waals surface area (Å²) in [5, 5.41) is 6.00. The molecule has 1 aliphatic rings. The van der Waals surface area contributed by atoms with Crippen molar-refractivity contribution in [2.45, 2.75) is 13.3 Å². The number of rotatable bonds is 8. The Labute approximate surface area is 155 Å². The van der Waals surface area contributed by atoms with E-state index >= 15 is 0 Å². The van der Waals surface area contributed by atoms with Crippen LogP contribution < -0.4 is 14.9 Å². The van der Waals surface area contributed by atoms with Crippen molar-refractivity contribution in [2.24, 2.45) is 0 Å². The summed E-state index contributed by atoms with van der Waals surface area (Å²) in [4.78, 5) is 12.2. The van der Waals surface area contributed by atoms with Gasteiger partial charge in [0.1, 0.15) is 0 Å². The van der Waals surface area contributed by atoms with Gasteiger partial charge in [-0.1, -0.05) is 0 Å². The van der Waals surface area contributed by atoms with Crippen molar-refractivity contribution in [2.75, 3.05) is 50.0 Å². The van der Waals surface area contributed by atoms with Gasteiger partial charge in [0.15, 0.2) is 0 Å². The maximum absolute atomic E-state index is 12.2. The Morgan fingerprint density at radius 1 is 1.28 bits per heavy atom. The number of halogens is 1. The molecule has 1 aromatic rings. The van der Waals surface area contributed by atoms with Gasteiger partial charge < -0.3 is 15.4 Å². The highest BCUT2D eigenvalue weighted by atomic mass is 35.5. The average molecular weight is 392 g/mol. The zero-order chi connectivity index (χ0) is 17.6. The van der Waals surface area contributed by atoms with Gasteiger partial charge in [-0.3, -0.25) is 9.10 Å². The Morgan fingerprint density at radius 3 is 2.64 bits per heavy atom. The lowest BCUT2D eigenvalue weighted by Gasteiger charge is -2.18. The summed E-state index contributed by atoms with van der Waals surface area (Å²) in [7, 11) is -1.56. The van der Waals surface area contributed by atoms with Crippen LogP contribution in [0.25, 0.3) is 0 Å². The second-order valence-electron chi connectivity index (χ2n) is 5.74. The van der Waals surface area contributed by atoms with Crippen LogP contribution in [-0.2, 0) is 14.8 Å². The van der Waals surface area contributed by atoms with Gasteiger partial charge >= 0.3 is 0 Å². The number of aryl methyl sites for hydroxylation is 1. The van der Waals surface area contributed by atoms with E-state index in [2.05, 4.69) is 10.6 Å². The summed E-state index contributed by atoms with van der Waals surface area (Å²) >= 11 is 0. The SMILES string of the molecule is COCCNCCNC(=O)c1ccc(N2CCCS2(=O)=O)cc1C.Cl. The van der Waals surface area contributed by atoms with Crippen molar-refractivity contribution in [1.82, 2.24) is 10.6 Å². The fourth-order valence-corrected chi connectivity index (χ4v) is 4.20. The fraction of sp³-hybridized carbons (Fsp3) is 0.562. The first-order valence-corrected chi connectivity index (χ1v) is 9.65. The second-order valence-corrected chi connectivity index (χ2v) is 7.75. The van der Waals surface area contributed by atoms with Crippen LogP contribution in [0, 0.1) is 6.92 Å². The lowest BCUT2D eigenvalue weighted by atomic mass is 10.1. The van der Waals surface area contributed by atoms with Crippen molar-refractivity contribution < 1.29 is 17.9 Å². The topological polar surface area (TPSA) is 87.7 Å². The van der Waals surface area contributed by atoms with Crippen molar-refractivity contribution >= 4 is 34.0 Å². The molecule has 142 valence electrons. The van der Waals surface area contributed by atoms with E-state index in [-0.39, 0.29) is 24.1 Å². The molecule has 1 amide bonds. The smallest absolute Gasteiger partial charge is 0.251 e. The van der Waals surface area contributed by atoms with E-state index in [0.717, 1.165) is 12.1 Å². The molecule has 0 radical (unpaired) electrons. The Balaban J connectivity index is 0.00000312. The van der Waals surface area contributed by atoms with Gasteiger partial charge in [0.2, 0.25) is 10.0 Å². The molecule has 0 aromatic heterocycles. The number of anilines is 1. The molecule has 1 saturated heterocycles. The zero-order valence-electron chi connectivity index (χ0n) is 14.6. The van der Waals surface area contributed by atoms with Gasteiger partial charge in [0.05, 0.1) is 18.0 Å². The number of amides is 1. The van der Waals surface area contributed by atoms with Crippen molar-refractivity contribution in [3.63, 3.8) is 0 Å². The highest BCUT2D eigenvalue weighted by Crippen LogP contribution is 2.26. The first kappa shape index (κ1) is 21.7. The first-order valence-electron chi connectivity index (χ1n) is 8.04. The number of nitrogens with one attached hydrogen (secondary N) is 2. The predicted octanol–water partition coefficient (Wildman–Crippen LogP) is 0.923. The zero-order valence-corrected chi connectivity index (χ0v) is 16.2. The molecule has 0 spiro atoms. The summed E-state index contributed by atoms with van der Waals surface area (Å²) in [5.41, 5.74) is 1.95. The number of nitrogens with zero attached hydrogens (tertiary/aromatic N) is 1.